The highest BCUT2D eigenvalue weighted by atomic mass is 16.5. The highest BCUT2D eigenvalue weighted by Gasteiger charge is 2.04. The molecule has 18 heavy (non-hydrogen) atoms. The van der Waals surface area contributed by atoms with Crippen LogP contribution in [0.5, 0.6) is 5.75 Å². The molecule has 0 atom stereocenters. The second-order valence-corrected chi connectivity index (χ2v) is 3.74. The fourth-order valence-corrected chi connectivity index (χ4v) is 1.32. The Labute approximate surface area is 106 Å². The number of esters is 1. The summed E-state index contributed by atoms with van der Waals surface area (Å²) in [6.45, 7) is 1.51. The number of carbonyl (C=O) groups excluding carboxylic acids is 2. The molecule has 0 aliphatic heterocycles. The number of hydrogen-bond acceptors (Lipinski definition) is 4. The van der Waals surface area contributed by atoms with Crippen molar-refractivity contribution in [2.75, 3.05) is 13.7 Å². The maximum atomic E-state index is 11.1. The third-order valence-corrected chi connectivity index (χ3v) is 2.14. The van der Waals surface area contributed by atoms with Gasteiger partial charge < -0.3 is 9.47 Å². The van der Waals surface area contributed by atoms with Crippen molar-refractivity contribution >= 4 is 17.8 Å². The van der Waals surface area contributed by atoms with Crippen LogP contribution >= 0.6 is 0 Å². The predicted octanol–water partition coefficient (Wildman–Crippen LogP) is 2.23. The van der Waals surface area contributed by atoms with Gasteiger partial charge in [0, 0.05) is 0 Å². The monoisotopic (exact) mass is 248 g/mol. The summed E-state index contributed by atoms with van der Waals surface area (Å²) in [5.74, 6) is 0.0697. The van der Waals surface area contributed by atoms with Gasteiger partial charge >= 0.3 is 5.97 Å². The molecular formula is C14H16O4. The molecule has 4 nitrogen and oxygen atoms in total. The molecule has 0 aliphatic carbocycles. The molecule has 1 aromatic carbocycles. The van der Waals surface area contributed by atoms with Crippen molar-refractivity contribution in [1.29, 1.82) is 0 Å². The molecule has 1 rings (SSSR count). The number of Topliss-reactive ketones (excluding diaryl/α,β-unsaturated/α-hetero) is 1. The Bertz CT molecular complexity index is 449. The van der Waals surface area contributed by atoms with Gasteiger partial charge in [-0.1, -0.05) is 18.2 Å². The molecule has 4 heteroatoms. The van der Waals surface area contributed by atoms with Crippen LogP contribution in [0, 0.1) is 0 Å². The van der Waals surface area contributed by atoms with Crippen LogP contribution in [0.4, 0.5) is 0 Å². The van der Waals surface area contributed by atoms with E-state index in [9.17, 15) is 9.59 Å². The molecule has 0 fully saturated rings. The largest absolute Gasteiger partial charge is 0.497 e. The summed E-state index contributed by atoms with van der Waals surface area (Å²) in [6, 6.07) is 7.51. The molecule has 0 saturated heterocycles. The van der Waals surface area contributed by atoms with E-state index in [2.05, 4.69) is 0 Å². The van der Waals surface area contributed by atoms with E-state index in [1.165, 1.54) is 6.92 Å². The molecule has 0 aliphatic rings. The number of carbonyl (C=O) groups is 2. The van der Waals surface area contributed by atoms with E-state index in [1.54, 1.807) is 13.2 Å². The normalized spacial score (nSPS) is 10.3. The second kappa shape index (κ2) is 7.27. The van der Waals surface area contributed by atoms with E-state index in [0.29, 0.717) is 0 Å². The van der Waals surface area contributed by atoms with E-state index >= 15 is 0 Å². The first-order chi connectivity index (χ1) is 8.61. The van der Waals surface area contributed by atoms with E-state index in [-0.39, 0.29) is 18.8 Å². The minimum absolute atomic E-state index is 0.156. The lowest BCUT2D eigenvalue weighted by Gasteiger charge is -2.01. The SMILES string of the molecule is COc1cccc(/C=C/COC(=O)CC(C)=O)c1. The predicted molar refractivity (Wildman–Crippen MR) is 68.3 cm³/mol. The van der Waals surface area contributed by atoms with Crippen LogP contribution in [0.25, 0.3) is 6.08 Å². The molecule has 0 bridgehead atoms. The summed E-state index contributed by atoms with van der Waals surface area (Å²) >= 11 is 0. The maximum Gasteiger partial charge on any atom is 0.313 e. The topological polar surface area (TPSA) is 52.6 Å². The maximum absolute atomic E-state index is 11.1. The Kier molecular flexibility index (Phi) is 5.64. The van der Waals surface area contributed by atoms with Gasteiger partial charge in [-0.3, -0.25) is 9.59 Å². The van der Waals surface area contributed by atoms with Crippen LogP contribution in [0.3, 0.4) is 0 Å². The third kappa shape index (κ3) is 5.30. The van der Waals surface area contributed by atoms with Crippen LogP contribution in [0.1, 0.15) is 18.9 Å². The Morgan fingerprint density at radius 2 is 2.11 bits per heavy atom. The highest BCUT2D eigenvalue weighted by Crippen LogP contribution is 2.13. The lowest BCUT2D eigenvalue weighted by molar-refractivity contribution is -0.144. The zero-order valence-electron chi connectivity index (χ0n) is 10.5. The smallest absolute Gasteiger partial charge is 0.313 e. The van der Waals surface area contributed by atoms with E-state index in [4.69, 9.17) is 9.47 Å². The Balaban J connectivity index is 2.40. The van der Waals surface area contributed by atoms with Gasteiger partial charge in [0.1, 0.15) is 24.6 Å². The fraction of sp³-hybridized carbons (Fsp3) is 0.286. The molecule has 0 amide bonds. The quantitative estimate of drug-likeness (QED) is 0.572. The summed E-state index contributed by atoms with van der Waals surface area (Å²) < 4.78 is 9.94. The van der Waals surface area contributed by atoms with Gasteiger partial charge in [0.15, 0.2) is 0 Å². The van der Waals surface area contributed by atoms with Gasteiger partial charge in [-0.2, -0.15) is 0 Å². The average molecular weight is 248 g/mol. The Hall–Kier alpha value is -2.10. The van der Waals surface area contributed by atoms with Crippen LogP contribution in [-0.4, -0.2) is 25.5 Å². The number of ketones is 1. The molecule has 0 spiro atoms. The lowest BCUT2D eigenvalue weighted by atomic mass is 10.2. The van der Waals surface area contributed by atoms with Gasteiger partial charge in [0.05, 0.1) is 7.11 Å². The van der Waals surface area contributed by atoms with Gasteiger partial charge in [0.2, 0.25) is 0 Å². The van der Waals surface area contributed by atoms with Crippen molar-refractivity contribution in [3.63, 3.8) is 0 Å². The summed E-state index contributed by atoms with van der Waals surface area (Å²) in [5.41, 5.74) is 0.956. The fourth-order valence-electron chi connectivity index (χ4n) is 1.32. The lowest BCUT2D eigenvalue weighted by Crippen LogP contribution is -2.08. The average Bonchev–Trinajstić information content (AvgIpc) is 2.34. The Morgan fingerprint density at radius 1 is 1.33 bits per heavy atom. The standard InChI is InChI=1S/C14H16O4/c1-11(15)9-14(16)18-8-4-6-12-5-3-7-13(10-12)17-2/h3-7,10H,8-9H2,1-2H3/b6-4+. The number of rotatable bonds is 6. The second-order valence-electron chi connectivity index (χ2n) is 3.74. The Morgan fingerprint density at radius 3 is 2.78 bits per heavy atom. The molecule has 96 valence electrons. The van der Waals surface area contributed by atoms with E-state index < -0.39 is 5.97 Å². The molecular weight excluding hydrogens is 232 g/mol. The van der Waals surface area contributed by atoms with Crippen molar-refractivity contribution in [3.05, 3.63) is 35.9 Å². The van der Waals surface area contributed by atoms with Crippen LogP contribution in [0.2, 0.25) is 0 Å². The summed E-state index contributed by atoms with van der Waals surface area (Å²) in [6.07, 6.45) is 3.36. The zero-order chi connectivity index (χ0) is 13.4. The number of hydrogen-bond donors (Lipinski definition) is 0. The molecule has 0 aromatic heterocycles. The van der Waals surface area contributed by atoms with Gasteiger partial charge in [-0.05, 0) is 30.7 Å². The summed E-state index contributed by atoms with van der Waals surface area (Å²) in [7, 11) is 1.60. The minimum atomic E-state index is -0.502. The van der Waals surface area contributed by atoms with Crippen molar-refractivity contribution in [2.45, 2.75) is 13.3 Å². The number of benzene rings is 1. The van der Waals surface area contributed by atoms with Gasteiger partial charge in [-0.25, -0.2) is 0 Å². The zero-order valence-corrected chi connectivity index (χ0v) is 10.5. The first kappa shape index (κ1) is 14.0. The van der Waals surface area contributed by atoms with Crippen molar-refractivity contribution in [2.24, 2.45) is 0 Å². The third-order valence-electron chi connectivity index (χ3n) is 2.14. The molecule has 1 aromatic rings. The summed E-state index contributed by atoms with van der Waals surface area (Å²) in [5, 5.41) is 0. The molecule has 0 heterocycles. The van der Waals surface area contributed by atoms with Crippen molar-refractivity contribution < 1.29 is 19.1 Å². The van der Waals surface area contributed by atoms with Gasteiger partial charge in [-0.15, -0.1) is 0 Å². The molecule has 0 radical (unpaired) electrons. The van der Waals surface area contributed by atoms with E-state index in [0.717, 1.165) is 11.3 Å². The molecule has 0 saturated carbocycles. The minimum Gasteiger partial charge on any atom is -0.497 e. The van der Waals surface area contributed by atoms with Crippen LogP contribution < -0.4 is 4.74 Å². The number of methoxy groups -OCH3 is 1. The number of ether oxygens (including phenoxy) is 2. The van der Waals surface area contributed by atoms with Gasteiger partial charge in [0.25, 0.3) is 0 Å². The molecule has 0 N–H and O–H groups in total. The first-order valence-corrected chi connectivity index (χ1v) is 5.57. The summed E-state index contributed by atoms with van der Waals surface area (Å²) in [4.78, 5) is 21.7. The van der Waals surface area contributed by atoms with Crippen LogP contribution in [-0.2, 0) is 14.3 Å². The molecule has 0 unspecified atom stereocenters. The van der Waals surface area contributed by atoms with Crippen LogP contribution in [0.15, 0.2) is 30.3 Å². The first-order valence-electron chi connectivity index (χ1n) is 5.57. The van der Waals surface area contributed by atoms with Crippen molar-refractivity contribution in [3.8, 4) is 5.75 Å². The highest BCUT2D eigenvalue weighted by molar-refractivity contribution is 5.94. The van der Waals surface area contributed by atoms with Crippen molar-refractivity contribution in [1.82, 2.24) is 0 Å². The van der Waals surface area contributed by atoms with E-state index in [1.807, 2.05) is 30.3 Å².